The van der Waals surface area contributed by atoms with E-state index < -0.39 is 10.0 Å². The molecule has 2 aromatic carbocycles. The lowest BCUT2D eigenvalue weighted by molar-refractivity contribution is 0.0361. The summed E-state index contributed by atoms with van der Waals surface area (Å²) >= 11 is 12.2. The van der Waals surface area contributed by atoms with Crippen LogP contribution in [-0.2, 0) is 21.3 Å². The van der Waals surface area contributed by atoms with Gasteiger partial charge in [-0.3, -0.25) is 4.90 Å². The smallest absolute Gasteiger partial charge is 0.243 e. The predicted octanol–water partition coefficient (Wildman–Crippen LogP) is 3.52. The average molecular weight is 429 g/mol. The molecular formula is C19H22Cl2N2O3S. The summed E-state index contributed by atoms with van der Waals surface area (Å²) in [4.78, 5) is 2.43. The van der Waals surface area contributed by atoms with Gasteiger partial charge in [-0.2, -0.15) is 4.31 Å². The first-order valence-electron chi connectivity index (χ1n) is 8.76. The van der Waals surface area contributed by atoms with Crippen molar-refractivity contribution in [1.29, 1.82) is 0 Å². The van der Waals surface area contributed by atoms with E-state index in [-0.39, 0.29) is 11.4 Å². The van der Waals surface area contributed by atoms with Crippen molar-refractivity contribution in [2.75, 3.05) is 39.4 Å². The van der Waals surface area contributed by atoms with E-state index in [9.17, 15) is 8.42 Å². The van der Waals surface area contributed by atoms with Crippen LogP contribution in [0, 0.1) is 0 Å². The van der Waals surface area contributed by atoms with Crippen molar-refractivity contribution in [3.05, 3.63) is 64.1 Å². The molecule has 1 fully saturated rings. The third-order valence-corrected chi connectivity index (χ3v) is 7.01. The van der Waals surface area contributed by atoms with Crippen molar-refractivity contribution < 1.29 is 13.2 Å². The van der Waals surface area contributed by atoms with Gasteiger partial charge in [-0.15, -0.1) is 0 Å². The first kappa shape index (κ1) is 20.6. The summed E-state index contributed by atoms with van der Waals surface area (Å²) in [6.45, 7) is 4.19. The summed E-state index contributed by atoms with van der Waals surface area (Å²) in [7, 11) is -3.68. The van der Waals surface area contributed by atoms with E-state index in [4.69, 9.17) is 27.9 Å². The van der Waals surface area contributed by atoms with Crippen molar-refractivity contribution in [1.82, 2.24) is 9.21 Å². The van der Waals surface area contributed by atoms with Crippen LogP contribution < -0.4 is 0 Å². The summed E-state index contributed by atoms with van der Waals surface area (Å²) in [6, 6.07) is 13.5. The monoisotopic (exact) mass is 428 g/mol. The topological polar surface area (TPSA) is 49.9 Å². The Hall–Kier alpha value is -1.15. The second kappa shape index (κ2) is 9.37. The number of sulfonamides is 1. The second-order valence-electron chi connectivity index (χ2n) is 6.34. The number of hydrogen-bond donors (Lipinski definition) is 0. The molecule has 0 saturated carbocycles. The summed E-state index contributed by atoms with van der Waals surface area (Å²) in [5.41, 5.74) is 0.777. The van der Waals surface area contributed by atoms with Gasteiger partial charge in [0.1, 0.15) is 0 Å². The number of benzene rings is 2. The minimum Gasteiger partial charge on any atom is -0.379 e. The highest BCUT2D eigenvalue weighted by Gasteiger charge is 2.26. The normalized spacial score (nSPS) is 16.0. The van der Waals surface area contributed by atoms with Crippen LogP contribution in [0.3, 0.4) is 0 Å². The Bertz CT molecular complexity index is 854. The summed E-state index contributed by atoms with van der Waals surface area (Å²) < 4.78 is 33.3. The summed E-state index contributed by atoms with van der Waals surface area (Å²) in [5, 5.41) is 1.06. The van der Waals surface area contributed by atoms with Crippen LogP contribution in [-0.4, -0.2) is 57.0 Å². The van der Waals surface area contributed by atoms with Gasteiger partial charge in [0.05, 0.1) is 18.1 Å². The van der Waals surface area contributed by atoms with E-state index in [1.807, 2.05) is 18.2 Å². The maximum atomic E-state index is 13.2. The van der Waals surface area contributed by atoms with Gasteiger partial charge >= 0.3 is 0 Å². The minimum atomic E-state index is -3.68. The Labute approximate surface area is 170 Å². The van der Waals surface area contributed by atoms with Crippen LogP contribution in [0.5, 0.6) is 0 Å². The van der Waals surface area contributed by atoms with Gasteiger partial charge in [-0.05, 0) is 35.9 Å². The first-order chi connectivity index (χ1) is 13.0. The highest BCUT2D eigenvalue weighted by molar-refractivity contribution is 7.89. The Morgan fingerprint density at radius 2 is 1.67 bits per heavy atom. The van der Waals surface area contributed by atoms with Crippen LogP contribution in [0.15, 0.2) is 53.4 Å². The predicted molar refractivity (Wildman–Crippen MR) is 108 cm³/mol. The van der Waals surface area contributed by atoms with Crippen LogP contribution in [0.2, 0.25) is 10.0 Å². The Morgan fingerprint density at radius 1 is 1.00 bits per heavy atom. The fourth-order valence-electron chi connectivity index (χ4n) is 2.93. The maximum absolute atomic E-state index is 13.2. The van der Waals surface area contributed by atoms with Gasteiger partial charge in [0.2, 0.25) is 10.0 Å². The summed E-state index contributed by atoms with van der Waals surface area (Å²) in [6.07, 6.45) is 0. The van der Waals surface area contributed by atoms with Gasteiger partial charge in [-0.1, -0.05) is 41.4 Å². The van der Waals surface area contributed by atoms with Crippen LogP contribution in [0.1, 0.15) is 5.56 Å². The zero-order valence-corrected chi connectivity index (χ0v) is 17.2. The summed E-state index contributed by atoms with van der Waals surface area (Å²) in [5.74, 6) is 0. The van der Waals surface area contributed by atoms with Gasteiger partial charge in [0, 0.05) is 42.8 Å². The SMILES string of the molecule is O=S(=O)(c1ccc(Cl)cc1)N(CCN1CCOCC1)Cc1ccccc1Cl. The van der Waals surface area contributed by atoms with E-state index >= 15 is 0 Å². The van der Waals surface area contributed by atoms with Gasteiger partial charge in [0.25, 0.3) is 0 Å². The molecule has 2 aromatic rings. The minimum absolute atomic E-state index is 0.217. The third kappa shape index (κ3) is 5.44. The van der Waals surface area contributed by atoms with Crippen molar-refractivity contribution >= 4 is 33.2 Å². The van der Waals surface area contributed by atoms with E-state index in [1.54, 1.807) is 18.2 Å². The van der Waals surface area contributed by atoms with Gasteiger partial charge in [-0.25, -0.2) is 8.42 Å². The number of hydrogen-bond acceptors (Lipinski definition) is 4. The van der Waals surface area contributed by atoms with Crippen LogP contribution in [0.4, 0.5) is 0 Å². The molecule has 1 aliphatic rings. The van der Waals surface area contributed by atoms with Crippen molar-refractivity contribution in [3.8, 4) is 0 Å². The maximum Gasteiger partial charge on any atom is 0.243 e. The zero-order valence-electron chi connectivity index (χ0n) is 14.9. The molecule has 0 amide bonds. The van der Waals surface area contributed by atoms with E-state index in [2.05, 4.69) is 4.90 Å². The zero-order chi connectivity index (χ0) is 19.3. The average Bonchev–Trinajstić information content (AvgIpc) is 2.67. The molecular weight excluding hydrogens is 407 g/mol. The molecule has 0 aromatic heterocycles. The second-order valence-corrected chi connectivity index (χ2v) is 9.12. The molecule has 3 rings (SSSR count). The molecule has 0 atom stereocenters. The van der Waals surface area contributed by atoms with Crippen molar-refractivity contribution in [2.24, 2.45) is 0 Å². The number of ether oxygens (including phenoxy) is 1. The first-order valence-corrected chi connectivity index (χ1v) is 11.0. The molecule has 0 unspecified atom stereocenters. The molecule has 0 spiro atoms. The third-order valence-electron chi connectivity index (χ3n) is 4.53. The van der Waals surface area contributed by atoms with E-state index in [0.717, 1.165) is 18.7 Å². The Kier molecular flexibility index (Phi) is 7.14. The molecule has 1 aliphatic heterocycles. The lowest BCUT2D eigenvalue weighted by Crippen LogP contribution is -2.42. The molecule has 0 bridgehead atoms. The van der Waals surface area contributed by atoms with E-state index in [0.29, 0.717) is 36.3 Å². The Balaban J connectivity index is 1.83. The molecule has 5 nitrogen and oxygen atoms in total. The van der Waals surface area contributed by atoms with E-state index in [1.165, 1.54) is 16.4 Å². The fraction of sp³-hybridized carbons (Fsp3) is 0.368. The number of halogens is 2. The highest BCUT2D eigenvalue weighted by Crippen LogP contribution is 2.23. The molecule has 27 heavy (non-hydrogen) atoms. The molecule has 146 valence electrons. The van der Waals surface area contributed by atoms with Crippen LogP contribution in [0.25, 0.3) is 0 Å². The van der Waals surface area contributed by atoms with Gasteiger partial charge < -0.3 is 4.74 Å². The fourth-order valence-corrected chi connectivity index (χ4v) is 4.66. The van der Waals surface area contributed by atoms with Crippen molar-refractivity contribution in [2.45, 2.75) is 11.4 Å². The molecule has 8 heteroatoms. The molecule has 1 heterocycles. The standard InChI is InChI=1S/C19H22Cl2N2O3S/c20-17-5-7-18(8-6-17)27(24,25)23(10-9-22-11-13-26-14-12-22)15-16-3-1-2-4-19(16)21/h1-8H,9-15H2. The molecule has 1 saturated heterocycles. The number of rotatable bonds is 7. The lowest BCUT2D eigenvalue weighted by Gasteiger charge is -2.30. The highest BCUT2D eigenvalue weighted by atomic mass is 35.5. The van der Waals surface area contributed by atoms with Crippen LogP contribution >= 0.6 is 23.2 Å². The Morgan fingerprint density at radius 3 is 2.33 bits per heavy atom. The lowest BCUT2D eigenvalue weighted by atomic mass is 10.2. The molecule has 0 radical (unpaired) electrons. The van der Waals surface area contributed by atoms with Gasteiger partial charge in [0.15, 0.2) is 0 Å². The van der Waals surface area contributed by atoms with Crippen molar-refractivity contribution in [3.63, 3.8) is 0 Å². The number of morpholine rings is 1. The molecule has 0 aliphatic carbocycles. The number of nitrogens with zero attached hydrogens (tertiary/aromatic N) is 2. The largest absolute Gasteiger partial charge is 0.379 e. The quantitative estimate of drug-likeness (QED) is 0.676. The molecule has 0 N–H and O–H groups in total.